The third kappa shape index (κ3) is 3.91. The second kappa shape index (κ2) is 7.27. The Kier molecular flexibility index (Phi) is 5.18. The van der Waals surface area contributed by atoms with Crippen molar-refractivity contribution in [1.82, 2.24) is 9.88 Å². The lowest BCUT2D eigenvalue weighted by molar-refractivity contribution is -0.0266. The Hall–Kier alpha value is -1.60. The molecule has 0 N–H and O–H groups in total. The maximum atomic E-state index is 12.3. The predicted molar refractivity (Wildman–Crippen MR) is 124 cm³/mol. The molecule has 1 aromatic heterocycles. The van der Waals surface area contributed by atoms with Gasteiger partial charge < -0.3 is 14.5 Å². The molecule has 8 heteroatoms. The van der Waals surface area contributed by atoms with Gasteiger partial charge in [0.2, 0.25) is 0 Å². The molecule has 0 bridgehead atoms. The molecule has 152 valence electrons. The van der Waals surface area contributed by atoms with Gasteiger partial charge in [0.05, 0.1) is 5.52 Å². The minimum atomic E-state index is -0.483. The molecule has 0 saturated carbocycles. The molecule has 2 aliphatic heterocycles. The number of fused-ring (bicyclic) bond motifs is 1. The average Bonchev–Trinajstić information content (AvgIpc) is 3.04. The first-order valence-corrected chi connectivity index (χ1v) is 11.4. The zero-order valence-electron chi connectivity index (χ0n) is 16.6. The number of nitrogens with zero attached hydrogens (tertiary/aromatic N) is 4. The highest BCUT2D eigenvalue weighted by molar-refractivity contribution is 14.1. The zero-order valence-corrected chi connectivity index (χ0v) is 20.4. The van der Waals surface area contributed by atoms with Crippen LogP contribution in [0.5, 0.6) is 0 Å². The van der Waals surface area contributed by atoms with Gasteiger partial charge in [-0.25, -0.2) is 9.78 Å². The van der Waals surface area contributed by atoms with Crippen molar-refractivity contribution >= 4 is 61.3 Å². The van der Waals surface area contributed by atoms with Crippen LogP contribution in [0, 0.1) is 20.3 Å². The Labute approximate surface area is 192 Å². The number of aromatic nitrogens is 1. The van der Waals surface area contributed by atoms with E-state index >= 15 is 0 Å². The van der Waals surface area contributed by atoms with E-state index in [1.54, 1.807) is 4.90 Å². The van der Waals surface area contributed by atoms with Crippen molar-refractivity contribution in [1.29, 1.82) is 5.26 Å². The molecule has 2 aromatic rings. The molecule has 29 heavy (non-hydrogen) atoms. The molecule has 1 amide bonds. The summed E-state index contributed by atoms with van der Waals surface area (Å²) < 4.78 is 7.38. The molecule has 0 radical (unpaired) electrons. The summed E-state index contributed by atoms with van der Waals surface area (Å²) in [6.07, 6.45) is 0.730. The van der Waals surface area contributed by atoms with Gasteiger partial charge in [0, 0.05) is 45.0 Å². The second-order valence-electron chi connectivity index (χ2n) is 8.91. The van der Waals surface area contributed by atoms with Gasteiger partial charge in [0.1, 0.15) is 23.1 Å². The number of rotatable bonds is 1. The van der Waals surface area contributed by atoms with E-state index in [1.165, 1.54) is 0 Å². The Morgan fingerprint density at radius 1 is 1.34 bits per heavy atom. The van der Waals surface area contributed by atoms with E-state index in [0.717, 1.165) is 44.3 Å². The van der Waals surface area contributed by atoms with E-state index in [2.05, 4.69) is 49.5 Å². The molecule has 1 aromatic carbocycles. The maximum absolute atomic E-state index is 12.3. The number of carbonyl (C=O) groups is 1. The molecule has 0 unspecified atom stereocenters. The summed E-state index contributed by atoms with van der Waals surface area (Å²) in [5.41, 5.74) is 1.08. The van der Waals surface area contributed by atoms with Gasteiger partial charge in [-0.2, -0.15) is 5.26 Å². The van der Waals surface area contributed by atoms with Gasteiger partial charge in [-0.05, 0) is 61.9 Å². The predicted octanol–water partition coefficient (Wildman–Crippen LogP) is 4.92. The summed E-state index contributed by atoms with van der Waals surface area (Å²) in [7, 11) is 0. The second-order valence-corrected chi connectivity index (χ2v) is 10.9. The zero-order chi connectivity index (χ0) is 21.0. The van der Waals surface area contributed by atoms with Crippen LogP contribution in [0.1, 0.15) is 32.8 Å². The van der Waals surface area contributed by atoms with Gasteiger partial charge >= 0.3 is 6.09 Å². The summed E-state index contributed by atoms with van der Waals surface area (Å²) in [5.74, 6) is 0.745. The van der Waals surface area contributed by atoms with Crippen molar-refractivity contribution in [2.24, 2.45) is 5.41 Å². The van der Waals surface area contributed by atoms with Crippen molar-refractivity contribution in [3.63, 3.8) is 0 Å². The average molecular weight is 569 g/mol. The topological polar surface area (TPSA) is 69.5 Å². The lowest BCUT2D eigenvalue weighted by atomic mass is 9.79. The lowest BCUT2D eigenvalue weighted by Crippen LogP contribution is -2.60. The largest absolute Gasteiger partial charge is 0.444 e. The van der Waals surface area contributed by atoms with Crippen LogP contribution >= 0.6 is 38.5 Å². The Morgan fingerprint density at radius 3 is 2.72 bits per heavy atom. The number of benzene rings is 1. The number of hydrogen-bond donors (Lipinski definition) is 0. The van der Waals surface area contributed by atoms with Crippen molar-refractivity contribution in [2.75, 3.05) is 31.1 Å². The summed E-state index contributed by atoms with van der Waals surface area (Å²) in [5, 5.41) is 10.8. The molecule has 2 saturated heterocycles. The number of pyridine rings is 1. The number of anilines is 1. The van der Waals surface area contributed by atoms with Crippen LogP contribution in [0.3, 0.4) is 0 Å². The Balaban J connectivity index is 1.55. The van der Waals surface area contributed by atoms with Gasteiger partial charge in [-0.3, -0.25) is 0 Å². The molecular weight excluding hydrogens is 547 g/mol. The molecular formula is C21H22BrIN4O2. The lowest BCUT2D eigenvalue weighted by Gasteiger charge is -2.47. The Morgan fingerprint density at radius 2 is 2.07 bits per heavy atom. The highest BCUT2D eigenvalue weighted by Crippen LogP contribution is 2.43. The maximum Gasteiger partial charge on any atom is 0.410 e. The minimum Gasteiger partial charge on any atom is -0.444 e. The first kappa shape index (κ1) is 20.7. The summed E-state index contributed by atoms with van der Waals surface area (Å²) in [6.45, 7) is 8.65. The molecule has 4 rings (SSSR count). The number of carbonyl (C=O) groups excluding carboxylic acids is 1. The van der Waals surface area contributed by atoms with Crippen molar-refractivity contribution in [3.05, 3.63) is 31.8 Å². The minimum absolute atomic E-state index is 0.0585. The molecule has 6 nitrogen and oxygen atoms in total. The van der Waals surface area contributed by atoms with Gasteiger partial charge in [0.25, 0.3) is 0 Å². The number of likely N-dealkylation sites (tertiary alicyclic amines) is 1. The van der Waals surface area contributed by atoms with E-state index in [9.17, 15) is 10.1 Å². The van der Waals surface area contributed by atoms with Gasteiger partial charge in [0.15, 0.2) is 0 Å². The molecule has 2 aliphatic rings. The third-order valence-corrected chi connectivity index (χ3v) is 7.03. The van der Waals surface area contributed by atoms with E-state index in [-0.39, 0.29) is 11.5 Å². The summed E-state index contributed by atoms with van der Waals surface area (Å²) in [4.78, 5) is 21.1. The summed E-state index contributed by atoms with van der Waals surface area (Å²) in [6, 6.07) is 8.31. The van der Waals surface area contributed by atoms with Crippen LogP contribution in [0.2, 0.25) is 0 Å². The number of halogens is 2. The van der Waals surface area contributed by atoms with Crippen LogP contribution in [-0.4, -0.2) is 47.8 Å². The van der Waals surface area contributed by atoms with Crippen molar-refractivity contribution in [2.45, 2.75) is 32.8 Å². The van der Waals surface area contributed by atoms with Crippen molar-refractivity contribution in [3.8, 4) is 6.07 Å². The molecule has 0 aliphatic carbocycles. The summed E-state index contributed by atoms with van der Waals surface area (Å²) >= 11 is 5.75. The molecule has 2 fully saturated rings. The number of amides is 1. The van der Waals surface area contributed by atoms with Gasteiger partial charge in [-0.15, -0.1) is 0 Å². The highest BCUT2D eigenvalue weighted by atomic mass is 127. The van der Waals surface area contributed by atoms with Gasteiger partial charge in [-0.1, -0.05) is 22.0 Å². The van der Waals surface area contributed by atoms with E-state index in [4.69, 9.17) is 9.72 Å². The van der Waals surface area contributed by atoms with Crippen LogP contribution in [0.4, 0.5) is 10.6 Å². The SMILES string of the molecule is CC(C)(C)OC(=O)N1CC2(CCN(c3nc4cc(Br)ccc4c(I)c3C#N)C2)C1. The molecule has 0 atom stereocenters. The first-order valence-electron chi connectivity index (χ1n) is 9.53. The third-order valence-electron chi connectivity index (χ3n) is 5.42. The standard InChI is InChI=1S/C21H22BrIN4O2/c1-20(2,3)29-19(28)27-11-21(12-27)6-7-26(10-21)18-15(9-24)17(23)14-5-4-13(22)8-16(14)25-18/h4-5,8H,6-7,10-12H2,1-3H3. The normalized spacial score (nSPS) is 18.1. The smallest absolute Gasteiger partial charge is 0.410 e. The molecule has 3 heterocycles. The van der Waals surface area contributed by atoms with Crippen LogP contribution in [-0.2, 0) is 4.74 Å². The van der Waals surface area contributed by atoms with E-state index < -0.39 is 5.60 Å². The Bertz CT molecular complexity index is 1040. The van der Waals surface area contributed by atoms with Crippen LogP contribution in [0.25, 0.3) is 10.9 Å². The van der Waals surface area contributed by atoms with E-state index in [1.807, 2.05) is 39.0 Å². The number of ether oxygens (including phenoxy) is 1. The van der Waals surface area contributed by atoms with Crippen molar-refractivity contribution < 1.29 is 9.53 Å². The monoisotopic (exact) mass is 568 g/mol. The fourth-order valence-electron chi connectivity index (χ4n) is 4.11. The molecule has 1 spiro atoms. The van der Waals surface area contributed by atoms with E-state index in [0.29, 0.717) is 18.7 Å². The highest BCUT2D eigenvalue weighted by Gasteiger charge is 2.50. The first-order chi connectivity index (χ1) is 13.6. The fraction of sp³-hybridized carbons (Fsp3) is 0.476. The van der Waals surface area contributed by atoms with Crippen LogP contribution in [0.15, 0.2) is 22.7 Å². The fourth-order valence-corrected chi connectivity index (χ4v) is 5.27. The number of hydrogen-bond acceptors (Lipinski definition) is 5. The quantitative estimate of drug-likeness (QED) is 0.457. The number of nitriles is 1. The van der Waals surface area contributed by atoms with Crippen LogP contribution < -0.4 is 4.90 Å².